The minimum Gasteiger partial charge on any atom is -0.203 e. The Morgan fingerprint density at radius 1 is 0.559 bits per heavy atom. The molecule has 0 heterocycles. The van der Waals surface area contributed by atoms with Gasteiger partial charge in [-0.15, -0.1) is 0 Å². The van der Waals surface area contributed by atoms with Gasteiger partial charge in [-0.2, -0.15) is 48.3 Å². The van der Waals surface area contributed by atoms with Crippen LogP contribution in [0.4, 0.5) is 70.2 Å². The van der Waals surface area contributed by atoms with Gasteiger partial charge >= 0.3 is 29.3 Å². The molecule has 0 saturated carbocycles. The number of hydrogen-bond acceptors (Lipinski definition) is 0. The Labute approximate surface area is 182 Å². The third-order valence-electron chi connectivity index (χ3n) is 4.49. The Morgan fingerprint density at radius 2 is 0.971 bits per heavy atom. The molecule has 0 fully saturated rings. The second kappa shape index (κ2) is 9.88. The Balaban J connectivity index is 3.91. The first-order valence-electron chi connectivity index (χ1n) is 9.01. The molecule has 1 rings (SSSR count). The van der Waals surface area contributed by atoms with Crippen molar-refractivity contribution in [2.45, 2.75) is 68.4 Å². The Kier molecular flexibility index (Phi) is 8.88. The van der Waals surface area contributed by atoms with Crippen LogP contribution in [0.3, 0.4) is 0 Å². The van der Waals surface area contributed by atoms with Gasteiger partial charge in [0.1, 0.15) is 0 Å². The van der Waals surface area contributed by atoms with Crippen LogP contribution in [0.25, 0.3) is 0 Å². The second-order valence-corrected chi connectivity index (χ2v) is 9.17. The lowest BCUT2D eigenvalue weighted by Crippen LogP contribution is -2.57. The van der Waals surface area contributed by atoms with Gasteiger partial charge in [0, 0.05) is 6.42 Å². The van der Waals surface area contributed by atoms with Gasteiger partial charge in [0.15, 0.2) is 23.3 Å². The molecule has 34 heavy (non-hydrogen) atoms. The van der Waals surface area contributed by atoms with Crippen LogP contribution in [-0.4, -0.2) is 29.3 Å². The third-order valence-corrected chi connectivity index (χ3v) is 6.99. The molecule has 0 nitrogen and oxygen atoms in total. The first-order chi connectivity index (χ1) is 15.1. The van der Waals surface area contributed by atoms with Crippen molar-refractivity contribution in [2.75, 3.05) is 0 Å². The van der Waals surface area contributed by atoms with Crippen LogP contribution in [0.2, 0.25) is 0 Å². The minimum atomic E-state index is -7.35. The van der Waals surface area contributed by atoms with E-state index in [1.807, 2.05) is 0 Å². The van der Waals surface area contributed by atoms with Crippen LogP contribution in [0.1, 0.15) is 39.0 Å². The maximum atomic E-state index is 14.5. The highest BCUT2D eigenvalue weighted by Gasteiger charge is 2.81. The van der Waals surface area contributed by atoms with Crippen molar-refractivity contribution in [2.24, 2.45) is 0 Å². The summed E-state index contributed by atoms with van der Waals surface area (Å²) in [6, 6.07) is 0. The van der Waals surface area contributed by atoms with Gasteiger partial charge < -0.3 is 0 Å². The fraction of sp³-hybridized carbons (Fsp3) is 0.647. The molecule has 0 aromatic heterocycles. The van der Waals surface area contributed by atoms with Gasteiger partial charge in [0.05, 0.1) is 13.2 Å². The molecule has 0 aliphatic heterocycles. The normalized spacial score (nSPS) is 15.1. The van der Waals surface area contributed by atoms with Crippen LogP contribution >= 0.6 is 7.92 Å². The van der Waals surface area contributed by atoms with Crippen LogP contribution < -0.4 is 5.30 Å². The highest BCUT2D eigenvalue weighted by atomic mass is 31.1. The largest absolute Gasteiger partial charge is 0.458 e. The van der Waals surface area contributed by atoms with E-state index in [0.29, 0.717) is 6.42 Å². The summed E-state index contributed by atoms with van der Waals surface area (Å²) in [7, 11) is -6.91. The molecule has 0 bridgehead atoms. The summed E-state index contributed by atoms with van der Waals surface area (Å²) in [5.74, 6) is -30.5. The van der Waals surface area contributed by atoms with Gasteiger partial charge in [-0.25, -0.2) is 22.0 Å². The summed E-state index contributed by atoms with van der Waals surface area (Å²) in [6.45, 7) is 1.51. The predicted molar refractivity (Wildman–Crippen MR) is 87.4 cm³/mol. The van der Waals surface area contributed by atoms with E-state index >= 15 is 0 Å². The Bertz CT molecular complexity index is 846. The lowest BCUT2D eigenvalue weighted by Gasteiger charge is -2.40. The highest BCUT2D eigenvalue weighted by molar-refractivity contribution is 7.68. The average molecular weight is 552 g/mol. The fourth-order valence-electron chi connectivity index (χ4n) is 2.66. The predicted octanol–water partition coefficient (Wildman–Crippen LogP) is 8.48. The number of benzene rings is 1. The van der Waals surface area contributed by atoms with Crippen molar-refractivity contribution in [3.8, 4) is 0 Å². The van der Waals surface area contributed by atoms with E-state index in [0.717, 1.165) is 0 Å². The summed E-state index contributed by atoms with van der Waals surface area (Å²) in [4.78, 5) is 0. The molecule has 0 radical (unpaired) electrons. The van der Waals surface area contributed by atoms with Crippen molar-refractivity contribution in [1.29, 1.82) is 0 Å². The summed E-state index contributed by atoms with van der Waals surface area (Å²) in [5.41, 5.74) is -14.6. The molecule has 0 aliphatic rings. The Hall–Kier alpha value is -1.47. The molecule has 1 atom stereocenters. The topological polar surface area (TPSA) is 0 Å². The molecule has 0 amide bonds. The van der Waals surface area contributed by atoms with E-state index in [2.05, 4.69) is 0 Å². The molecular formula is C17H13F16P. The first kappa shape index (κ1) is 30.6. The lowest BCUT2D eigenvalue weighted by atomic mass is 10.0. The van der Waals surface area contributed by atoms with E-state index in [-0.39, 0.29) is 12.8 Å². The maximum Gasteiger partial charge on any atom is 0.458 e. The molecule has 17 heteroatoms. The maximum absolute atomic E-state index is 14.5. The standard InChI is InChI=1S/C17H13F16P/c1-2-3-4-5-6-13(23,24)14(25,26)16(30,31)34(17(32,33)15(27,28)29)12-10(21)8(19)7(18)9(20)11(12)22/h2-6H2,1H3. The van der Waals surface area contributed by atoms with Crippen LogP contribution in [0, 0.1) is 29.1 Å². The zero-order valence-corrected chi connectivity index (χ0v) is 17.4. The number of hydrogen-bond donors (Lipinski definition) is 0. The second-order valence-electron chi connectivity index (χ2n) is 6.92. The van der Waals surface area contributed by atoms with Crippen LogP contribution in [0.5, 0.6) is 0 Å². The van der Waals surface area contributed by atoms with E-state index in [9.17, 15) is 70.2 Å². The summed E-state index contributed by atoms with van der Waals surface area (Å²) in [6.07, 6.45) is -10.3. The molecule has 1 aromatic carbocycles. The van der Waals surface area contributed by atoms with Gasteiger partial charge in [0.25, 0.3) is 0 Å². The SMILES string of the molecule is CCCCCCC(F)(F)C(F)(F)C(F)(F)P(c1c(F)c(F)c(F)c(F)c1F)C(F)(F)C(F)(F)F. The van der Waals surface area contributed by atoms with Crippen molar-refractivity contribution in [3.05, 3.63) is 29.1 Å². The molecular weight excluding hydrogens is 539 g/mol. The molecule has 1 aromatic rings. The van der Waals surface area contributed by atoms with Crippen molar-refractivity contribution < 1.29 is 70.2 Å². The third kappa shape index (κ3) is 5.06. The van der Waals surface area contributed by atoms with Crippen molar-refractivity contribution in [3.63, 3.8) is 0 Å². The zero-order chi connectivity index (χ0) is 27.1. The number of alkyl halides is 11. The summed E-state index contributed by atoms with van der Waals surface area (Å²) >= 11 is 0. The summed E-state index contributed by atoms with van der Waals surface area (Å²) < 4.78 is 219. The molecule has 1 unspecified atom stereocenters. The van der Waals surface area contributed by atoms with Crippen molar-refractivity contribution >= 4 is 13.2 Å². The van der Waals surface area contributed by atoms with Gasteiger partial charge in [0.2, 0.25) is 5.82 Å². The Morgan fingerprint density at radius 3 is 1.35 bits per heavy atom. The van der Waals surface area contributed by atoms with Gasteiger partial charge in [-0.3, -0.25) is 0 Å². The fourth-order valence-corrected chi connectivity index (χ4v) is 4.87. The number of halogens is 16. The van der Waals surface area contributed by atoms with Gasteiger partial charge in [-0.05, 0) is 6.42 Å². The smallest absolute Gasteiger partial charge is 0.203 e. The summed E-state index contributed by atoms with van der Waals surface area (Å²) in [5, 5.41) is -3.67. The molecule has 0 spiro atoms. The monoisotopic (exact) mass is 552 g/mol. The molecule has 198 valence electrons. The van der Waals surface area contributed by atoms with Gasteiger partial charge in [-0.1, -0.05) is 26.2 Å². The minimum absolute atomic E-state index is 0.113. The zero-order valence-electron chi connectivity index (χ0n) is 16.5. The average Bonchev–Trinajstić information content (AvgIpc) is 2.69. The van der Waals surface area contributed by atoms with Crippen LogP contribution in [-0.2, 0) is 0 Å². The first-order valence-corrected chi connectivity index (χ1v) is 10.3. The number of unbranched alkanes of at least 4 members (excludes halogenated alkanes) is 3. The quantitative estimate of drug-likeness (QED) is 0.0899. The number of rotatable bonds is 10. The molecule has 0 N–H and O–H groups in total. The van der Waals surface area contributed by atoms with Crippen molar-refractivity contribution in [1.82, 2.24) is 0 Å². The van der Waals surface area contributed by atoms with E-state index < -0.39 is 84.5 Å². The van der Waals surface area contributed by atoms with E-state index in [1.165, 1.54) is 6.92 Å². The molecule has 0 aliphatic carbocycles. The van der Waals surface area contributed by atoms with Crippen LogP contribution in [0.15, 0.2) is 0 Å². The van der Waals surface area contributed by atoms with E-state index in [4.69, 9.17) is 0 Å². The lowest BCUT2D eigenvalue weighted by molar-refractivity contribution is -0.287. The highest BCUT2D eigenvalue weighted by Crippen LogP contribution is 2.72. The molecule has 0 saturated heterocycles. The van der Waals surface area contributed by atoms with E-state index in [1.54, 1.807) is 0 Å².